The highest BCUT2D eigenvalue weighted by Gasteiger charge is 2.14. The molecule has 2 rings (SSSR count). The minimum atomic E-state index is -3.69. The molecule has 1 aromatic carbocycles. The highest BCUT2D eigenvalue weighted by atomic mass is 32.2. The van der Waals surface area contributed by atoms with Crippen molar-refractivity contribution in [3.8, 4) is 0 Å². The number of amides is 1. The minimum absolute atomic E-state index is 0.0286. The number of nitrogens with two attached hydrogens (primary N) is 1. The van der Waals surface area contributed by atoms with E-state index < -0.39 is 10.0 Å². The molecule has 1 aliphatic rings. The van der Waals surface area contributed by atoms with Crippen LogP contribution in [0.3, 0.4) is 0 Å². The maximum atomic E-state index is 11.9. The van der Waals surface area contributed by atoms with Gasteiger partial charge < -0.3 is 5.32 Å². The number of rotatable bonds is 6. The Morgan fingerprint density at radius 2 is 1.77 bits per heavy atom. The molecule has 6 heteroatoms. The van der Waals surface area contributed by atoms with Crippen molar-refractivity contribution in [2.75, 3.05) is 5.32 Å². The normalized spacial score (nSPS) is 16.4. The van der Waals surface area contributed by atoms with Crippen LogP contribution in [-0.2, 0) is 14.8 Å². The Kier molecular flexibility index (Phi) is 5.97. The van der Waals surface area contributed by atoms with Gasteiger partial charge in [0.25, 0.3) is 0 Å². The number of sulfonamides is 1. The molecule has 0 aliphatic heterocycles. The van der Waals surface area contributed by atoms with Crippen molar-refractivity contribution in [2.45, 2.75) is 56.3 Å². The van der Waals surface area contributed by atoms with E-state index in [0.29, 0.717) is 12.1 Å². The first-order valence-corrected chi connectivity index (χ1v) is 9.42. The molecule has 0 unspecified atom stereocenters. The van der Waals surface area contributed by atoms with Crippen LogP contribution in [0.4, 0.5) is 5.69 Å². The summed E-state index contributed by atoms with van der Waals surface area (Å²) in [6, 6.07) is 5.90. The summed E-state index contributed by atoms with van der Waals surface area (Å²) in [4.78, 5) is 11.9. The zero-order valence-corrected chi connectivity index (χ0v) is 13.6. The zero-order valence-electron chi connectivity index (χ0n) is 12.8. The van der Waals surface area contributed by atoms with Gasteiger partial charge in [-0.05, 0) is 43.0 Å². The van der Waals surface area contributed by atoms with E-state index in [9.17, 15) is 13.2 Å². The average Bonchev–Trinajstić information content (AvgIpc) is 2.48. The molecule has 22 heavy (non-hydrogen) atoms. The summed E-state index contributed by atoms with van der Waals surface area (Å²) >= 11 is 0. The summed E-state index contributed by atoms with van der Waals surface area (Å²) in [5.41, 5.74) is 0.593. The van der Waals surface area contributed by atoms with E-state index in [2.05, 4.69) is 5.32 Å². The monoisotopic (exact) mass is 324 g/mol. The van der Waals surface area contributed by atoms with Gasteiger partial charge in [-0.2, -0.15) is 0 Å². The van der Waals surface area contributed by atoms with Crippen molar-refractivity contribution >= 4 is 21.6 Å². The topological polar surface area (TPSA) is 89.3 Å². The second-order valence-corrected chi connectivity index (χ2v) is 7.58. The van der Waals surface area contributed by atoms with Crippen molar-refractivity contribution in [3.05, 3.63) is 24.3 Å². The Labute approximate surface area is 132 Å². The van der Waals surface area contributed by atoms with Gasteiger partial charge in [0, 0.05) is 12.1 Å². The van der Waals surface area contributed by atoms with E-state index in [1.807, 2.05) is 0 Å². The molecule has 122 valence electrons. The maximum Gasteiger partial charge on any atom is 0.238 e. The Morgan fingerprint density at radius 3 is 2.36 bits per heavy atom. The molecule has 1 aliphatic carbocycles. The molecule has 3 N–H and O–H groups in total. The molecule has 0 radical (unpaired) electrons. The van der Waals surface area contributed by atoms with Gasteiger partial charge in [-0.1, -0.05) is 32.1 Å². The third-order valence-electron chi connectivity index (χ3n) is 4.21. The fraction of sp³-hybridized carbons (Fsp3) is 0.562. The molecule has 0 spiro atoms. The van der Waals surface area contributed by atoms with Crippen LogP contribution in [0.25, 0.3) is 0 Å². The predicted octanol–water partition coefficient (Wildman–Crippen LogP) is 3.02. The summed E-state index contributed by atoms with van der Waals surface area (Å²) in [5.74, 6) is 0.759. The Bertz CT molecular complexity index is 590. The van der Waals surface area contributed by atoms with Crippen LogP contribution >= 0.6 is 0 Å². The van der Waals surface area contributed by atoms with Crippen LogP contribution in [0.2, 0.25) is 0 Å². The molecule has 1 aromatic rings. The van der Waals surface area contributed by atoms with Crippen molar-refractivity contribution in [3.63, 3.8) is 0 Å². The summed E-state index contributed by atoms with van der Waals surface area (Å²) in [6.07, 6.45) is 9.15. The van der Waals surface area contributed by atoms with Gasteiger partial charge in [-0.3, -0.25) is 4.79 Å². The number of nitrogens with one attached hydrogen (secondary N) is 1. The van der Waals surface area contributed by atoms with E-state index in [-0.39, 0.29) is 10.8 Å². The Morgan fingerprint density at radius 1 is 1.14 bits per heavy atom. The first kappa shape index (κ1) is 17.0. The number of hydrogen-bond acceptors (Lipinski definition) is 3. The van der Waals surface area contributed by atoms with Gasteiger partial charge in [0.15, 0.2) is 0 Å². The summed E-state index contributed by atoms with van der Waals surface area (Å²) < 4.78 is 22.3. The van der Waals surface area contributed by atoms with Crippen molar-refractivity contribution in [2.24, 2.45) is 11.1 Å². The van der Waals surface area contributed by atoms with Crippen molar-refractivity contribution in [1.82, 2.24) is 0 Å². The molecular weight excluding hydrogens is 300 g/mol. The van der Waals surface area contributed by atoms with Crippen LogP contribution < -0.4 is 10.5 Å². The average molecular weight is 324 g/mol. The lowest BCUT2D eigenvalue weighted by Gasteiger charge is -2.21. The highest BCUT2D eigenvalue weighted by Crippen LogP contribution is 2.27. The number of primary sulfonamides is 1. The molecule has 1 amide bonds. The third kappa shape index (κ3) is 5.42. The minimum Gasteiger partial charge on any atom is -0.326 e. The van der Waals surface area contributed by atoms with Crippen LogP contribution in [0.1, 0.15) is 51.4 Å². The number of anilines is 1. The van der Waals surface area contributed by atoms with E-state index in [1.54, 1.807) is 12.1 Å². The largest absolute Gasteiger partial charge is 0.326 e. The van der Waals surface area contributed by atoms with Crippen LogP contribution in [0.15, 0.2) is 29.2 Å². The first-order valence-electron chi connectivity index (χ1n) is 7.88. The molecule has 1 fully saturated rings. The number of hydrogen-bond donors (Lipinski definition) is 2. The molecule has 0 aromatic heterocycles. The van der Waals surface area contributed by atoms with E-state index >= 15 is 0 Å². The van der Waals surface area contributed by atoms with Crippen molar-refractivity contribution < 1.29 is 13.2 Å². The fourth-order valence-electron chi connectivity index (χ4n) is 2.98. The second-order valence-electron chi connectivity index (χ2n) is 6.01. The Hall–Kier alpha value is -1.40. The van der Waals surface area contributed by atoms with E-state index in [1.165, 1.54) is 44.2 Å². The lowest BCUT2D eigenvalue weighted by Crippen LogP contribution is -2.14. The smallest absolute Gasteiger partial charge is 0.238 e. The highest BCUT2D eigenvalue weighted by molar-refractivity contribution is 7.89. The summed E-state index contributed by atoms with van der Waals surface area (Å²) in [5, 5.41) is 7.81. The van der Waals surface area contributed by atoms with Gasteiger partial charge in [-0.15, -0.1) is 0 Å². The van der Waals surface area contributed by atoms with Gasteiger partial charge in [0.05, 0.1) is 4.90 Å². The summed E-state index contributed by atoms with van der Waals surface area (Å²) in [7, 11) is -3.69. The fourth-order valence-corrected chi connectivity index (χ4v) is 3.49. The van der Waals surface area contributed by atoms with E-state index in [4.69, 9.17) is 5.14 Å². The summed E-state index contributed by atoms with van der Waals surface area (Å²) in [6.45, 7) is 0. The van der Waals surface area contributed by atoms with Crippen molar-refractivity contribution in [1.29, 1.82) is 0 Å². The Balaban J connectivity index is 1.74. The van der Waals surface area contributed by atoms with Crippen LogP contribution in [0.5, 0.6) is 0 Å². The van der Waals surface area contributed by atoms with Crippen LogP contribution in [0, 0.1) is 5.92 Å². The SMILES string of the molecule is NS(=O)(=O)c1ccc(NC(=O)CCCC2CCCCC2)cc1. The van der Waals surface area contributed by atoms with Crippen LogP contribution in [-0.4, -0.2) is 14.3 Å². The lowest BCUT2D eigenvalue weighted by molar-refractivity contribution is -0.116. The molecule has 0 saturated heterocycles. The number of benzene rings is 1. The molecule has 1 saturated carbocycles. The standard InChI is InChI=1S/C16H24N2O3S/c17-22(20,21)15-11-9-14(10-12-15)18-16(19)8-4-7-13-5-2-1-3-6-13/h9-13H,1-8H2,(H,18,19)(H2,17,20,21). The van der Waals surface area contributed by atoms with Gasteiger partial charge in [0.2, 0.25) is 15.9 Å². The van der Waals surface area contributed by atoms with E-state index in [0.717, 1.165) is 18.8 Å². The molecule has 0 bridgehead atoms. The molecule has 0 heterocycles. The molecule has 0 atom stereocenters. The van der Waals surface area contributed by atoms with Gasteiger partial charge >= 0.3 is 0 Å². The van der Waals surface area contributed by atoms with Gasteiger partial charge in [-0.25, -0.2) is 13.6 Å². The quantitative estimate of drug-likeness (QED) is 0.843. The molecular formula is C16H24N2O3S. The second kappa shape index (κ2) is 7.74. The third-order valence-corrected chi connectivity index (χ3v) is 5.14. The lowest BCUT2D eigenvalue weighted by atomic mass is 9.86. The first-order chi connectivity index (χ1) is 10.4. The van der Waals surface area contributed by atoms with Gasteiger partial charge in [0.1, 0.15) is 0 Å². The predicted molar refractivity (Wildman–Crippen MR) is 86.9 cm³/mol. The molecule has 5 nitrogen and oxygen atoms in total. The number of carbonyl (C=O) groups is 1. The number of carbonyl (C=O) groups excluding carboxylic acids is 1. The zero-order chi connectivity index (χ0) is 16.0. The maximum absolute atomic E-state index is 11.9.